The van der Waals surface area contributed by atoms with Crippen molar-refractivity contribution in [3.8, 4) is 0 Å². The minimum atomic E-state index is -0.248. The zero-order valence-corrected chi connectivity index (χ0v) is 14.2. The Hall–Kier alpha value is -1.28. The smallest absolute Gasteiger partial charge is 0.288 e. The summed E-state index contributed by atoms with van der Waals surface area (Å²) < 4.78 is 2.70. The molecule has 1 aliphatic rings. The van der Waals surface area contributed by atoms with Crippen LogP contribution in [-0.4, -0.2) is 45.4 Å². The van der Waals surface area contributed by atoms with Crippen molar-refractivity contribution < 1.29 is 14.4 Å². The van der Waals surface area contributed by atoms with Crippen LogP contribution >= 0.6 is 27.7 Å². The fraction of sp³-hybridized carbons (Fsp3) is 0.462. The third-order valence-electron chi connectivity index (χ3n) is 3.07. The van der Waals surface area contributed by atoms with E-state index < -0.39 is 0 Å². The average Bonchev–Trinajstić information content (AvgIpc) is 2.95. The molecule has 0 bridgehead atoms. The lowest BCUT2D eigenvalue weighted by atomic mass is 10.3. The van der Waals surface area contributed by atoms with E-state index in [0.717, 1.165) is 16.2 Å². The maximum Gasteiger partial charge on any atom is 0.288 e. The van der Waals surface area contributed by atoms with Gasteiger partial charge in [0.2, 0.25) is 5.91 Å². The number of amides is 3. The second kappa shape index (κ2) is 6.65. The molecule has 1 fully saturated rings. The molecule has 0 aromatic carbocycles. The molecule has 8 heteroatoms. The van der Waals surface area contributed by atoms with Gasteiger partial charge in [0.15, 0.2) is 0 Å². The summed E-state index contributed by atoms with van der Waals surface area (Å²) in [6, 6.07) is 1.91. The summed E-state index contributed by atoms with van der Waals surface area (Å²) in [6.07, 6.45) is 1.85. The summed E-state index contributed by atoms with van der Waals surface area (Å²) in [5, 5.41) is 2.49. The van der Waals surface area contributed by atoms with E-state index in [1.165, 1.54) is 4.90 Å². The van der Waals surface area contributed by atoms with Gasteiger partial charge in [-0.05, 0) is 35.8 Å². The normalized spacial score (nSPS) is 15.1. The second-order valence-corrected chi connectivity index (χ2v) is 6.74. The van der Waals surface area contributed by atoms with Crippen molar-refractivity contribution in [2.24, 2.45) is 0 Å². The molecule has 0 spiro atoms. The fourth-order valence-corrected chi connectivity index (χ4v) is 3.21. The number of hydrogen-bond acceptors (Lipinski definition) is 4. The highest BCUT2D eigenvalue weighted by molar-refractivity contribution is 9.10. The van der Waals surface area contributed by atoms with Crippen molar-refractivity contribution in [3.05, 3.63) is 22.4 Å². The predicted molar refractivity (Wildman–Crippen MR) is 84.4 cm³/mol. The number of aromatic nitrogens is 1. The molecule has 1 aromatic rings. The molecule has 114 valence electrons. The van der Waals surface area contributed by atoms with E-state index in [-0.39, 0.29) is 41.9 Å². The number of halogens is 1. The third-order valence-corrected chi connectivity index (χ3v) is 4.36. The zero-order valence-electron chi connectivity index (χ0n) is 11.8. The molecule has 2 heterocycles. The number of carbonyl (C=O) groups excluding carboxylic acids is 3. The van der Waals surface area contributed by atoms with Crippen molar-refractivity contribution in [1.82, 2.24) is 14.8 Å². The summed E-state index contributed by atoms with van der Waals surface area (Å²) in [5.41, 5.74) is 0.547. The first-order valence-electron chi connectivity index (χ1n) is 6.53. The Labute approximate surface area is 135 Å². The molecular weight excluding hydrogens is 358 g/mol. The van der Waals surface area contributed by atoms with Crippen molar-refractivity contribution in [1.29, 1.82) is 0 Å². The lowest BCUT2D eigenvalue weighted by Gasteiger charge is -2.15. The number of thioether (sulfide) groups is 1. The van der Waals surface area contributed by atoms with Gasteiger partial charge in [-0.25, -0.2) is 0 Å². The first-order chi connectivity index (χ1) is 9.90. The highest BCUT2D eigenvalue weighted by Crippen LogP contribution is 2.20. The lowest BCUT2D eigenvalue weighted by molar-refractivity contribution is -0.124. The van der Waals surface area contributed by atoms with Gasteiger partial charge in [0.1, 0.15) is 5.69 Å². The molecule has 0 atom stereocenters. The molecule has 3 amide bonds. The van der Waals surface area contributed by atoms with Crippen LogP contribution in [0.2, 0.25) is 0 Å². The molecule has 0 unspecified atom stereocenters. The molecular formula is C13H16BrN3O3S. The monoisotopic (exact) mass is 373 g/mol. The van der Waals surface area contributed by atoms with Crippen LogP contribution in [0.4, 0.5) is 4.79 Å². The largest absolute Gasteiger partial charge is 0.349 e. The molecule has 0 saturated carbocycles. The van der Waals surface area contributed by atoms with Crippen LogP contribution in [0.5, 0.6) is 0 Å². The van der Waals surface area contributed by atoms with Gasteiger partial charge in [0, 0.05) is 29.8 Å². The lowest BCUT2D eigenvalue weighted by Crippen LogP contribution is -2.38. The van der Waals surface area contributed by atoms with E-state index in [2.05, 4.69) is 21.2 Å². The van der Waals surface area contributed by atoms with Crippen LogP contribution in [0.25, 0.3) is 0 Å². The maximum atomic E-state index is 12.2. The van der Waals surface area contributed by atoms with Crippen LogP contribution in [0.1, 0.15) is 30.4 Å². The van der Waals surface area contributed by atoms with E-state index in [0.29, 0.717) is 5.69 Å². The van der Waals surface area contributed by atoms with Crippen molar-refractivity contribution >= 4 is 44.7 Å². The summed E-state index contributed by atoms with van der Waals surface area (Å²) in [7, 11) is 0. The van der Waals surface area contributed by atoms with E-state index >= 15 is 0 Å². The molecule has 21 heavy (non-hydrogen) atoms. The van der Waals surface area contributed by atoms with Crippen LogP contribution in [0.15, 0.2) is 16.7 Å². The van der Waals surface area contributed by atoms with Crippen molar-refractivity contribution in [2.45, 2.75) is 19.9 Å². The summed E-state index contributed by atoms with van der Waals surface area (Å²) in [5.74, 6) is -0.232. The Kier molecular flexibility index (Phi) is 5.10. The SMILES string of the molecule is CC(C)n1cc(Br)cc1C(=O)NCCN1C(=O)CSC1=O. The number of carbonyl (C=O) groups is 3. The van der Waals surface area contributed by atoms with Gasteiger partial charge in [0.05, 0.1) is 5.75 Å². The Morgan fingerprint density at radius 3 is 2.76 bits per heavy atom. The van der Waals surface area contributed by atoms with Crippen LogP contribution in [-0.2, 0) is 4.79 Å². The van der Waals surface area contributed by atoms with Crippen LogP contribution in [0.3, 0.4) is 0 Å². The van der Waals surface area contributed by atoms with Gasteiger partial charge < -0.3 is 9.88 Å². The Balaban J connectivity index is 1.93. The molecule has 0 aliphatic carbocycles. The second-order valence-electron chi connectivity index (χ2n) is 4.90. The van der Waals surface area contributed by atoms with E-state index in [9.17, 15) is 14.4 Å². The zero-order chi connectivity index (χ0) is 15.6. The Bertz CT molecular complexity index is 569. The van der Waals surface area contributed by atoms with E-state index in [1.807, 2.05) is 24.6 Å². The molecule has 0 radical (unpaired) electrons. The highest BCUT2D eigenvalue weighted by atomic mass is 79.9. The number of imide groups is 1. The summed E-state index contributed by atoms with van der Waals surface area (Å²) in [6.45, 7) is 4.43. The molecule has 1 saturated heterocycles. The first kappa shape index (κ1) is 16.1. The van der Waals surface area contributed by atoms with Gasteiger partial charge in [-0.15, -0.1) is 0 Å². The van der Waals surface area contributed by atoms with Gasteiger partial charge in [-0.2, -0.15) is 0 Å². The third kappa shape index (κ3) is 3.68. The summed E-state index contributed by atoms with van der Waals surface area (Å²) in [4.78, 5) is 36.2. The van der Waals surface area contributed by atoms with Gasteiger partial charge in [0.25, 0.3) is 11.1 Å². The Morgan fingerprint density at radius 1 is 1.48 bits per heavy atom. The molecule has 2 rings (SSSR count). The van der Waals surface area contributed by atoms with E-state index in [4.69, 9.17) is 0 Å². The first-order valence-corrected chi connectivity index (χ1v) is 8.30. The van der Waals surface area contributed by atoms with Crippen molar-refractivity contribution in [2.75, 3.05) is 18.8 Å². The van der Waals surface area contributed by atoms with Crippen molar-refractivity contribution in [3.63, 3.8) is 0 Å². The molecule has 1 aromatic heterocycles. The number of nitrogens with one attached hydrogen (secondary N) is 1. The van der Waals surface area contributed by atoms with Crippen LogP contribution in [0, 0.1) is 0 Å². The van der Waals surface area contributed by atoms with Gasteiger partial charge in [-0.3, -0.25) is 19.3 Å². The van der Waals surface area contributed by atoms with E-state index in [1.54, 1.807) is 6.07 Å². The topological polar surface area (TPSA) is 71.4 Å². The predicted octanol–water partition coefficient (Wildman–Crippen LogP) is 2.26. The number of rotatable bonds is 5. The maximum absolute atomic E-state index is 12.2. The average molecular weight is 374 g/mol. The molecule has 1 N–H and O–H groups in total. The number of nitrogens with zero attached hydrogens (tertiary/aromatic N) is 2. The Morgan fingerprint density at radius 2 is 2.19 bits per heavy atom. The standard InChI is InChI=1S/C13H16BrN3O3S/c1-8(2)17-6-9(14)5-10(17)12(19)15-3-4-16-11(18)7-21-13(16)20/h5-6,8H,3-4,7H2,1-2H3,(H,15,19). The van der Waals surface area contributed by atoms with Crippen LogP contribution < -0.4 is 5.32 Å². The van der Waals surface area contributed by atoms with Gasteiger partial charge >= 0.3 is 0 Å². The van der Waals surface area contributed by atoms with Gasteiger partial charge in [-0.1, -0.05) is 11.8 Å². The fourth-order valence-electron chi connectivity index (χ4n) is 2.02. The molecule has 1 aliphatic heterocycles. The highest BCUT2D eigenvalue weighted by Gasteiger charge is 2.29. The minimum Gasteiger partial charge on any atom is -0.349 e. The quantitative estimate of drug-likeness (QED) is 0.858. The minimum absolute atomic E-state index is 0.162. The summed E-state index contributed by atoms with van der Waals surface area (Å²) >= 11 is 4.35. The number of hydrogen-bond donors (Lipinski definition) is 1. The molecule has 6 nitrogen and oxygen atoms in total.